The Morgan fingerprint density at radius 1 is 1.32 bits per heavy atom. The van der Waals surface area contributed by atoms with Gasteiger partial charge < -0.3 is 10.3 Å². The van der Waals surface area contributed by atoms with E-state index in [0.717, 1.165) is 5.69 Å². The van der Waals surface area contributed by atoms with Crippen molar-refractivity contribution in [3.8, 4) is 5.95 Å². The largest absolute Gasteiger partial charge is 0.348 e. The number of aromatic nitrogens is 7. The number of halogens is 1. The lowest BCUT2D eigenvalue weighted by Gasteiger charge is -2.05. The van der Waals surface area contributed by atoms with Crippen LogP contribution < -0.4 is 5.32 Å². The fraction of sp³-hybridized carbons (Fsp3) is 0.100. The van der Waals surface area contributed by atoms with Gasteiger partial charge in [0.15, 0.2) is 0 Å². The Labute approximate surface area is 112 Å². The predicted molar refractivity (Wildman–Crippen MR) is 67.9 cm³/mol. The van der Waals surface area contributed by atoms with Gasteiger partial charge in [-0.15, -0.1) is 0 Å². The maximum Gasteiger partial charge on any atom is 0.256 e. The van der Waals surface area contributed by atoms with E-state index in [4.69, 9.17) is 11.6 Å². The number of rotatable bonds is 4. The second-order valence-electron chi connectivity index (χ2n) is 3.61. The van der Waals surface area contributed by atoms with Crippen LogP contribution in [-0.2, 0) is 6.54 Å². The third-order valence-corrected chi connectivity index (χ3v) is 2.47. The van der Waals surface area contributed by atoms with E-state index < -0.39 is 0 Å². The number of hydrogen-bond donors (Lipinski definition) is 2. The SMILES string of the molecule is Clc1nc(NCc2cnc[nH]2)nc(-n2cccn2)n1. The zero-order valence-electron chi connectivity index (χ0n) is 9.66. The zero-order valence-corrected chi connectivity index (χ0v) is 10.4. The standard InChI is InChI=1S/C10H9ClN8/c11-8-16-9(13-5-7-4-12-6-14-7)18-10(17-8)19-3-1-2-15-19/h1-4,6H,5H2,(H,12,14)(H,13,16,17,18). The van der Waals surface area contributed by atoms with E-state index >= 15 is 0 Å². The number of imidazole rings is 1. The average molecular weight is 277 g/mol. The van der Waals surface area contributed by atoms with E-state index in [-0.39, 0.29) is 5.28 Å². The third-order valence-electron chi connectivity index (χ3n) is 2.30. The first kappa shape index (κ1) is 11.6. The van der Waals surface area contributed by atoms with E-state index in [2.05, 4.69) is 35.3 Å². The van der Waals surface area contributed by atoms with Gasteiger partial charge >= 0.3 is 0 Å². The van der Waals surface area contributed by atoms with Crippen LogP contribution in [-0.4, -0.2) is 34.7 Å². The van der Waals surface area contributed by atoms with Gasteiger partial charge in [0, 0.05) is 18.6 Å². The van der Waals surface area contributed by atoms with Crippen LogP contribution in [0.25, 0.3) is 5.95 Å². The normalized spacial score (nSPS) is 10.6. The molecule has 0 radical (unpaired) electrons. The van der Waals surface area contributed by atoms with Gasteiger partial charge in [0.05, 0.1) is 18.6 Å². The van der Waals surface area contributed by atoms with Crippen molar-refractivity contribution in [3.63, 3.8) is 0 Å². The van der Waals surface area contributed by atoms with Gasteiger partial charge in [-0.2, -0.15) is 20.1 Å². The molecule has 0 fully saturated rings. The quantitative estimate of drug-likeness (QED) is 0.739. The van der Waals surface area contributed by atoms with Crippen LogP contribution in [0, 0.1) is 0 Å². The molecular weight excluding hydrogens is 268 g/mol. The first-order chi connectivity index (χ1) is 9.31. The van der Waals surface area contributed by atoms with Crippen LogP contribution in [0.4, 0.5) is 5.95 Å². The second-order valence-corrected chi connectivity index (χ2v) is 3.95. The lowest BCUT2D eigenvalue weighted by Crippen LogP contribution is -2.09. The summed E-state index contributed by atoms with van der Waals surface area (Å²) < 4.78 is 1.51. The highest BCUT2D eigenvalue weighted by Gasteiger charge is 2.07. The molecule has 0 unspecified atom stereocenters. The van der Waals surface area contributed by atoms with Gasteiger partial charge in [0.25, 0.3) is 5.95 Å². The van der Waals surface area contributed by atoms with Crippen molar-refractivity contribution in [2.75, 3.05) is 5.32 Å². The van der Waals surface area contributed by atoms with Gasteiger partial charge in [0.1, 0.15) is 0 Å². The molecule has 3 rings (SSSR count). The number of nitrogens with one attached hydrogen (secondary N) is 2. The number of anilines is 1. The van der Waals surface area contributed by atoms with E-state index in [9.17, 15) is 0 Å². The first-order valence-corrected chi connectivity index (χ1v) is 5.82. The van der Waals surface area contributed by atoms with Gasteiger partial charge in [-0.1, -0.05) is 0 Å². The maximum atomic E-state index is 5.86. The molecule has 9 heteroatoms. The highest BCUT2D eigenvalue weighted by Crippen LogP contribution is 2.09. The minimum absolute atomic E-state index is 0.104. The molecule has 8 nitrogen and oxygen atoms in total. The molecular formula is C10H9ClN8. The molecule has 3 heterocycles. The van der Waals surface area contributed by atoms with Crippen molar-refractivity contribution in [3.05, 3.63) is 42.0 Å². The molecule has 19 heavy (non-hydrogen) atoms. The van der Waals surface area contributed by atoms with Crippen molar-refractivity contribution < 1.29 is 0 Å². The monoisotopic (exact) mass is 276 g/mol. The van der Waals surface area contributed by atoms with Crippen molar-refractivity contribution in [2.24, 2.45) is 0 Å². The number of hydrogen-bond acceptors (Lipinski definition) is 6. The van der Waals surface area contributed by atoms with Crippen molar-refractivity contribution in [2.45, 2.75) is 6.54 Å². The average Bonchev–Trinajstić information content (AvgIpc) is 3.09. The third kappa shape index (κ3) is 2.68. The van der Waals surface area contributed by atoms with Crippen molar-refractivity contribution in [1.82, 2.24) is 34.7 Å². The van der Waals surface area contributed by atoms with Crippen LogP contribution in [0.15, 0.2) is 31.0 Å². The molecule has 3 aromatic rings. The Morgan fingerprint density at radius 3 is 3.00 bits per heavy atom. The summed E-state index contributed by atoms with van der Waals surface area (Å²) in [5.74, 6) is 0.734. The van der Waals surface area contributed by atoms with Gasteiger partial charge in [-0.3, -0.25) is 0 Å². The molecule has 0 saturated heterocycles. The molecule has 0 amide bonds. The van der Waals surface area contributed by atoms with E-state index in [1.54, 1.807) is 31.0 Å². The topological polar surface area (TPSA) is 97.2 Å². The van der Waals surface area contributed by atoms with Crippen LogP contribution >= 0.6 is 11.6 Å². The summed E-state index contributed by atoms with van der Waals surface area (Å²) in [5.41, 5.74) is 0.914. The van der Waals surface area contributed by atoms with E-state index in [1.807, 2.05) is 0 Å². The molecule has 0 aliphatic rings. The smallest absolute Gasteiger partial charge is 0.256 e. The summed E-state index contributed by atoms with van der Waals surface area (Å²) in [6.45, 7) is 0.513. The van der Waals surface area contributed by atoms with Crippen LogP contribution in [0.5, 0.6) is 0 Å². The fourth-order valence-electron chi connectivity index (χ4n) is 1.46. The highest BCUT2D eigenvalue weighted by atomic mass is 35.5. The number of nitrogens with zero attached hydrogens (tertiary/aromatic N) is 6. The molecule has 0 saturated carbocycles. The van der Waals surface area contributed by atoms with E-state index in [1.165, 1.54) is 4.68 Å². The minimum Gasteiger partial charge on any atom is -0.348 e. The Hall–Kier alpha value is -2.48. The molecule has 0 aromatic carbocycles. The molecule has 0 atom stereocenters. The van der Waals surface area contributed by atoms with E-state index in [0.29, 0.717) is 18.4 Å². The fourth-order valence-corrected chi connectivity index (χ4v) is 1.62. The van der Waals surface area contributed by atoms with Crippen LogP contribution in [0.3, 0.4) is 0 Å². The Balaban J connectivity index is 1.82. The second kappa shape index (κ2) is 5.02. The first-order valence-electron chi connectivity index (χ1n) is 5.44. The lowest BCUT2D eigenvalue weighted by atomic mass is 10.5. The molecule has 0 bridgehead atoms. The number of aromatic amines is 1. The van der Waals surface area contributed by atoms with Crippen LogP contribution in [0.1, 0.15) is 5.69 Å². The lowest BCUT2D eigenvalue weighted by molar-refractivity contribution is 0.794. The Kier molecular flexibility index (Phi) is 3.07. The predicted octanol–water partition coefficient (Wildman–Crippen LogP) is 1.05. The molecule has 96 valence electrons. The Morgan fingerprint density at radius 2 is 2.26 bits per heavy atom. The van der Waals surface area contributed by atoms with Gasteiger partial charge in [-0.25, -0.2) is 9.67 Å². The van der Waals surface area contributed by atoms with Crippen LogP contribution in [0.2, 0.25) is 5.28 Å². The molecule has 3 aromatic heterocycles. The van der Waals surface area contributed by atoms with Crippen molar-refractivity contribution >= 4 is 17.5 Å². The summed E-state index contributed by atoms with van der Waals surface area (Å²) >= 11 is 5.86. The van der Waals surface area contributed by atoms with Gasteiger partial charge in [0.2, 0.25) is 11.2 Å². The number of H-pyrrole nitrogens is 1. The summed E-state index contributed by atoms with van der Waals surface area (Å²) in [4.78, 5) is 19.1. The summed E-state index contributed by atoms with van der Waals surface area (Å²) in [6, 6.07) is 1.77. The van der Waals surface area contributed by atoms with Crippen molar-refractivity contribution in [1.29, 1.82) is 0 Å². The molecule has 0 aliphatic carbocycles. The Bertz CT molecular complexity index is 648. The molecule has 2 N–H and O–H groups in total. The minimum atomic E-state index is 0.104. The maximum absolute atomic E-state index is 5.86. The van der Waals surface area contributed by atoms with Gasteiger partial charge in [-0.05, 0) is 17.7 Å². The molecule has 0 spiro atoms. The molecule has 0 aliphatic heterocycles. The summed E-state index contributed by atoms with van der Waals surface area (Å²) in [6.07, 6.45) is 6.68. The highest BCUT2D eigenvalue weighted by molar-refractivity contribution is 6.28. The summed E-state index contributed by atoms with van der Waals surface area (Å²) in [5, 5.41) is 7.18. The zero-order chi connectivity index (χ0) is 13.1. The summed E-state index contributed by atoms with van der Waals surface area (Å²) in [7, 11) is 0.